The van der Waals surface area contributed by atoms with Gasteiger partial charge in [-0.2, -0.15) is 5.10 Å². The Morgan fingerprint density at radius 1 is 1.27 bits per heavy atom. The molecule has 1 saturated heterocycles. The number of anilines is 2. The van der Waals surface area contributed by atoms with Gasteiger partial charge in [0.1, 0.15) is 12.4 Å². The second-order valence-electron chi connectivity index (χ2n) is 5.01. The molecule has 0 saturated carbocycles. The highest BCUT2D eigenvalue weighted by Gasteiger charge is 2.31. The average Bonchev–Trinajstić information content (AvgIpc) is 2.96. The first-order valence-corrected chi connectivity index (χ1v) is 6.93. The smallest absolute Gasteiger partial charge is 0.414 e. The third kappa shape index (κ3) is 2.73. The molecule has 8 heteroatoms. The Kier molecular flexibility index (Phi) is 3.92. The molecule has 1 aromatic rings. The number of carbonyl (C=O) groups excluding carboxylic acids is 2. The van der Waals surface area contributed by atoms with Crippen LogP contribution in [0.5, 0.6) is 0 Å². The Morgan fingerprint density at radius 2 is 2.00 bits per heavy atom. The van der Waals surface area contributed by atoms with Crippen LogP contribution in [0.25, 0.3) is 0 Å². The number of ether oxygens (including phenoxy) is 1. The molecule has 2 aliphatic rings. The number of benzene rings is 1. The fourth-order valence-corrected chi connectivity index (χ4v) is 2.38. The minimum atomic E-state index is -0.476. The van der Waals surface area contributed by atoms with E-state index in [1.165, 1.54) is 9.91 Å². The second kappa shape index (κ2) is 6.02. The molecular weight excluding hydrogens is 288 g/mol. The van der Waals surface area contributed by atoms with Crippen molar-refractivity contribution in [2.75, 3.05) is 36.0 Å². The highest BCUT2D eigenvalue weighted by Crippen LogP contribution is 2.24. The fraction of sp³-hybridized carbons (Fsp3) is 0.357. The van der Waals surface area contributed by atoms with Gasteiger partial charge in [-0.3, -0.25) is 9.69 Å². The zero-order valence-corrected chi connectivity index (χ0v) is 11.8. The van der Waals surface area contributed by atoms with Gasteiger partial charge in [-0.25, -0.2) is 9.80 Å². The van der Waals surface area contributed by atoms with Crippen molar-refractivity contribution in [2.24, 2.45) is 5.10 Å². The fourth-order valence-electron chi connectivity index (χ4n) is 2.38. The number of amides is 2. The van der Waals surface area contributed by atoms with Gasteiger partial charge in [0.15, 0.2) is 0 Å². The highest BCUT2D eigenvalue weighted by atomic mass is 16.6. The Morgan fingerprint density at radius 3 is 2.55 bits per heavy atom. The molecule has 0 aliphatic carbocycles. The van der Waals surface area contributed by atoms with Crippen molar-refractivity contribution in [2.45, 2.75) is 6.10 Å². The molecule has 3 rings (SSSR count). The Labute approximate surface area is 127 Å². The molecule has 1 aromatic carbocycles. The SMILES string of the molecule is O=CN1CCN(c2ccc(N3C[C@H](CO)OC3=O)cc2)C=N1. The first kappa shape index (κ1) is 14.3. The molecule has 2 amide bonds. The van der Waals surface area contributed by atoms with Gasteiger partial charge in [0, 0.05) is 17.9 Å². The topological polar surface area (TPSA) is 85.7 Å². The van der Waals surface area contributed by atoms with Crippen LogP contribution in [0.2, 0.25) is 0 Å². The standard InChI is InChI=1S/C14H16N4O4/c19-8-13-7-18(14(21)22-13)12-3-1-11(2-4-12)16-5-6-17(10-20)15-9-16/h1-4,9-10,13,19H,5-8H2/t13-/m1/s1. The Hall–Kier alpha value is -2.61. The van der Waals surface area contributed by atoms with Gasteiger partial charge >= 0.3 is 6.09 Å². The number of nitrogens with zero attached hydrogens (tertiary/aromatic N) is 4. The minimum absolute atomic E-state index is 0.183. The zero-order valence-electron chi connectivity index (χ0n) is 11.8. The van der Waals surface area contributed by atoms with E-state index in [0.717, 1.165) is 5.69 Å². The predicted octanol–water partition coefficient (Wildman–Crippen LogP) is 0.226. The van der Waals surface area contributed by atoms with Crippen LogP contribution in [0.15, 0.2) is 29.4 Å². The van der Waals surface area contributed by atoms with Gasteiger partial charge in [-0.1, -0.05) is 0 Å². The van der Waals surface area contributed by atoms with Crippen LogP contribution in [0.1, 0.15) is 0 Å². The average molecular weight is 304 g/mol. The van der Waals surface area contributed by atoms with Gasteiger partial charge in [-0.15, -0.1) is 0 Å². The van der Waals surface area contributed by atoms with E-state index in [1.54, 1.807) is 6.34 Å². The van der Waals surface area contributed by atoms with E-state index < -0.39 is 12.2 Å². The maximum atomic E-state index is 11.7. The molecule has 0 unspecified atom stereocenters. The third-order valence-corrected chi connectivity index (χ3v) is 3.60. The summed E-state index contributed by atoms with van der Waals surface area (Å²) in [5, 5.41) is 14.4. The Balaban J connectivity index is 1.71. The van der Waals surface area contributed by atoms with Crippen molar-refractivity contribution >= 4 is 30.2 Å². The number of hydrazone groups is 1. The maximum absolute atomic E-state index is 11.7. The number of aliphatic hydroxyl groups is 1. The lowest BCUT2D eigenvalue weighted by atomic mass is 10.2. The third-order valence-electron chi connectivity index (χ3n) is 3.60. The summed E-state index contributed by atoms with van der Waals surface area (Å²) in [5.74, 6) is 0. The lowest BCUT2D eigenvalue weighted by Crippen LogP contribution is -2.37. The number of cyclic esters (lactones) is 1. The predicted molar refractivity (Wildman–Crippen MR) is 79.8 cm³/mol. The molecule has 0 radical (unpaired) electrons. The molecular formula is C14H16N4O4. The van der Waals surface area contributed by atoms with Gasteiger partial charge in [-0.05, 0) is 24.3 Å². The van der Waals surface area contributed by atoms with Crippen LogP contribution in [0, 0.1) is 0 Å². The lowest BCUT2D eigenvalue weighted by Gasteiger charge is -2.26. The van der Waals surface area contributed by atoms with Gasteiger partial charge in [0.25, 0.3) is 0 Å². The van der Waals surface area contributed by atoms with E-state index in [1.807, 2.05) is 29.2 Å². The number of rotatable bonds is 4. The second-order valence-corrected chi connectivity index (χ2v) is 5.01. The summed E-state index contributed by atoms with van der Waals surface area (Å²) in [4.78, 5) is 25.7. The lowest BCUT2D eigenvalue weighted by molar-refractivity contribution is -0.118. The number of aliphatic hydroxyl groups excluding tert-OH is 1. The Bertz CT molecular complexity index is 589. The number of carbonyl (C=O) groups is 2. The summed E-state index contributed by atoms with van der Waals surface area (Å²) in [6, 6.07) is 7.38. The monoisotopic (exact) mass is 304 g/mol. The number of hydrogen-bond donors (Lipinski definition) is 1. The van der Waals surface area contributed by atoms with Crippen molar-refractivity contribution in [3.05, 3.63) is 24.3 Å². The van der Waals surface area contributed by atoms with E-state index >= 15 is 0 Å². The molecule has 0 spiro atoms. The molecule has 2 heterocycles. The van der Waals surface area contributed by atoms with Crippen LogP contribution in [0.3, 0.4) is 0 Å². The maximum Gasteiger partial charge on any atom is 0.414 e. The summed E-state index contributed by atoms with van der Waals surface area (Å²) < 4.78 is 5.02. The van der Waals surface area contributed by atoms with Gasteiger partial charge in [0.2, 0.25) is 6.41 Å². The van der Waals surface area contributed by atoms with E-state index in [-0.39, 0.29) is 6.61 Å². The van der Waals surface area contributed by atoms with Gasteiger partial charge in [0.05, 0.1) is 19.7 Å². The van der Waals surface area contributed by atoms with Crippen molar-refractivity contribution < 1.29 is 19.4 Å². The summed E-state index contributed by atoms with van der Waals surface area (Å²) in [6.45, 7) is 1.34. The van der Waals surface area contributed by atoms with E-state index in [0.29, 0.717) is 31.7 Å². The minimum Gasteiger partial charge on any atom is -0.441 e. The first-order valence-electron chi connectivity index (χ1n) is 6.93. The first-order chi connectivity index (χ1) is 10.7. The van der Waals surface area contributed by atoms with E-state index in [9.17, 15) is 9.59 Å². The van der Waals surface area contributed by atoms with E-state index in [2.05, 4.69) is 5.10 Å². The van der Waals surface area contributed by atoms with Crippen molar-refractivity contribution in [1.29, 1.82) is 0 Å². The van der Waals surface area contributed by atoms with E-state index in [4.69, 9.17) is 9.84 Å². The quantitative estimate of drug-likeness (QED) is 0.805. The molecule has 22 heavy (non-hydrogen) atoms. The molecule has 0 aromatic heterocycles. The van der Waals surface area contributed by atoms with Crippen molar-refractivity contribution in [1.82, 2.24) is 5.01 Å². The number of hydrogen-bond acceptors (Lipinski definition) is 6. The summed E-state index contributed by atoms with van der Waals surface area (Å²) in [7, 11) is 0. The molecule has 2 aliphatic heterocycles. The molecule has 1 N–H and O–H groups in total. The van der Waals surface area contributed by atoms with Crippen LogP contribution < -0.4 is 9.80 Å². The highest BCUT2D eigenvalue weighted by molar-refractivity contribution is 5.90. The summed E-state index contributed by atoms with van der Waals surface area (Å²) >= 11 is 0. The normalized spacial score (nSPS) is 21.2. The summed E-state index contributed by atoms with van der Waals surface area (Å²) in [6.07, 6.45) is 1.36. The van der Waals surface area contributed by atoms with Crippen molar-refractivity contribution in [3.8, 4) is 0 Å². The summed E-state index contributed by atoms with van der Waals surface area (Å²) in [5.41, 5.74) is 1.64. The molecule has 8 nitrogen and oxygen atoms in total. The van der Waals surface area contributed by atoms with Crippen LogP contribution in [-0.2, 0) is 9.53 Å². The largest absolute Gasteiger partial charge is 0.441 e. The van der Waals surface area contributed by atoms with Crippen molar-refractivity contribution in [3.63, 3.8) is 0 Å². The van der Waals surface area contributed by atoms with Gasteiger partial charge < -0.3 is 14.7 Å². The molecule has 116 valence electrons. The molecule has 0 bridgehead atoms. The van der Waals surface area contributed by atoms with Crippen LogP contribution in [0.4, 0.5) is 16.2 Å². The molecule has 1 atom stereocenters. The van der Waals surface area contributed by atoms with Crippen LogP contribution >= 0.6 is 0 Å². The zero-order chi connectivity index (χ0) is 15.5. The van der Waals surface area contributed by atoms with Crippen LogP contribution in [-0.4, -0.2) is 61.3 Å². The molecule has 1 fully saturated rings.